The number of methoxy groups -OCH3 is 1. The number of unbranched alkanes of at least 4 members (excludes halogenated alkanes) is 1. The summed E-state index contributed by atoms with van der Waals surface area (Å²) in [4.78, 5) is 5.14. The first kappa shape index (κ1) is 16.3. The number of rotatable bonds is 7. The van der Waals surface area contributed by atoms with E-state index >= 15 is 0 Å². The van der Waals surface area contributed by atoms with Gasteiger partial charge >= 0.3 is 0 Å². The van der Waals surface area contributed by atoms with Crippen LogP contribution in [0.25, 0.3) is 0 Å². The molecule has 4 heteroatoms. The van der Waals surface area contributed by atoms with Gasteiger partial charge in [-0.15, -0.1) is 0 Å². The fourth-order valence-corrected chi connectivity index (χ4v) is 2.91. The van der Waals surface area contributed by atoms with Gasteiger partial charge in [-0.1, -0.05) is 12.1 Å². The van der Waals surface area contributed by atoms with E-state index in [0.29, 0.717) is 0 Å². The second-order valence-electron chi connectivity index (χ2n) is 5.82. The molecule has 118 valence electrons. The molecule has 1 fully saturated rings. The molecule has 0 unspecified atom stereocenters. The van der Waals surface area contributed by atoms with Crippen molar-refractivity contribution in [1.29, 1.82) is 0 Å². The van der Waals surface area contributed by atoms with E-state index in [-0.39, 0.29) is 0 Å². The van der Waals surface area contributed by atoms with Crippen molar-refractivity contribution in [2.75, 3.05) is 46.4 Å². The molecule has 0 spiro atoms. The van der Waals surface area contributed by atoms with Crippen LogP contribution in [0.3, 0.4) is 0 Å². The van der Waals surface area contributed by atoms with Gasteiger partial charge in [-0.2, -0.15) is 0 Å². The molecule has 0 atom stereocenters. The Kier molecular flexibility index (Phi) is 7.00. The molecule has 1 aliphatic heterocycles. The smallest absolute Gasteiger partial charge is 0.119 e. The van der Waals surface area contributed by atoms with Gasteiger partial charge in [-0.05, 0) is 63.1 Å². The SMILES string of the molecule is COc1cccc(CN2CCCN(CCCCN)CC2)c1. The molecule has 2 rings (SSSR count). The molecule has 0 radical (unpaired) electrons. The molecule has 4 nitrogen and oxygen atoms in total. The summed E-state index contributed by atoms with van der Waals surface area (Å²) >= 11 is 0. The Morgan fingerprint density at radius 3 is 2.71 bits per heavy atom. The lowest BCUT2D eigenvalue weighted by molar-refractivity contribution is 0.249. The van der Waals surface area contributed by atoms with Gasteiger partial charge in [0.15, 0.2) is 0 Å². The van der Waals surface area contributed by atoms with E-state index in [9.17, 15) is 0 Å². The highest BCUT2D eigenvalue weighted by atomic mass is 16.5. The van der Waals surface area contributed by atoms with E-state index in [0.717, 1.165) is 31.8 Å². The third-order valence-corrected chi connectivity index (χ3v) is 4.15. The van der Waals surface area contributed by atoms with Crippen LogP contribution in [0.5, 0.6) is 5.75 Å². The van der Waals surface area contributed by atoms with Crippen molar-refractivity contribution in [3.05, 3.63) is 29.8 Å². The summed E-state index contributed by atoms with van der Waals surface area (Å²) < 4.78 is 5.30. The van der Waals surface area contributed by atoms with Crippen molar-refractivity contribution in [2.45, 2.75) is 25.8 Å². The Bertz CT molecular complexity index is 411. The first-order valence-corrected chi connectivity index (χ1v) is 8.09. The minimum atomic E-state index is 0.815. The molecule has 1 aromatic rings. The predicted molar refractivity (Wildman–Crippen MR) is 87.6 cm³/mol. The van der Waals surface area contributed by atoms with E-state index in [4.69, 9.17) is 10.5 Å². The van der Waals surface area contributed by atoms with Crippen LogP contribution in [-0.2, 0) is 6.54 Å². The Morgan fingerprint density at radius 1 is 1.10 bits per heavy atom. The van der Waals surface area contributed by atoms with E-state index < -0.39 is 0 Å². The molecule has 1 aromatic carbocycles. The van der Waals surface area contributed by atoms with Gasteiger partial charge in [0.2, 0.25) is 0 Å². The topological polar surface area (TPSA) is 41.7 Å². The maximum atomic E-state index is 5.57. The summed E-state index contributed by atoms with van der Waals surface area (Å²) in [6, 6.07) is 8.41. The summed E-state index contributed by atoms with van der Waals surface area (Å²) in [7, 11) is 1.73. The molecular formula is C17H29N3O. The van der Waals surface area contributed by atoms with Crippen molar-refractivity contribution < 1.29 is 4.74 Å². The van der Waals surface area contributed by atoms with Crippen LogP contribution in [-0.4, -0.2) is 56.2 Å². The molecule has 1 aliphatic rings. The van der Waals surface area contributed by atoms with Crippen molar-refractivity contribution in [3.63, 3.8) is 0 Å². The summed E-state index contributed by atoms with van der Waals surface area (Å²) in [6.45, 7) is 7.77. The third-order valence-electron chi connectivity index (χ3n) is 4.15. The van der Waals surface area contributed by atoms with E-state index in [1.54, 1.807) is 7.11 Å². The van der Waals surface area contributed by atoms with Gasteiger partial charge in [0.05, 0.1) is 7.11 Å². The number of nitrogens with zero attached hydrogens (tertiary/aromatic N) is 2. The van der Waals surface area contributed by atoms with Crippen LogP contribution < -0.4 is 10.5 Å². The normalized spacial score (nSPS) is 17.6. The predicted octanol–water partition coefficient (Wildman–Crippen LogP) is 1.94. The minimum Gasteiger partial charge on any atom is -0.497 e. The van der Waals surface area contributed by atoms with Gasteiger partial charge in [-0.3, -0.25) is 4.90 Å². The highest BCUT2D eigenvalue weighted by molar-refractivity contribution is 5.28. The fraction of sp³-hybridized carbons (Fsp3) is 0.647. The maximum absolute atomic E-state index is 5.57. The maximum Gasteiger partial charge on any atom is 0.119 e. The van der Waals surface area contributed by atoms with Crippen LogP contribution in [0.1, 0.15) is 24.8 Å². The average molecular weight is 291 g/mol. The zero-order valence-corrected chi connectivity index (χ0v) is 13.3. The van der Waals surface area contributed by atoms with Crippen molar-refractivity contribution in [1.82, 2.24) is 9.80 Å². The van der Waals surface area contributed by atoms with Gasteiger partial charge < -0.3 is 15.4 Å². The quantitative estimate of drug-likeness (QED) is 0.780. The molecule has 0 saturated carbocycles. The first-order chi connectivity index (χ1) is 10.3. The summed E-state index contributed by atoms with van der Waals surface area (Å²) in [5.41, 5.74) is 6.91. The second kappa shape index (κ2) is 9.03. The fourth-order valence-electron chi connectivity index (χ4n) is 2.91. The molecule has 0 aliphatic carbocycles. The van der Waals surface area contributed by atoms with Gasteiger partial charge in [-0.25, -0.2) is 0 Å². The Morgan fingerprint density at radius 2 is 1.90 bits per heavy atom. The van der Waals surface area contributed by atoms with Gasteiger partial charge in [0.1, 0.15) is 5.75 Å². The molecule has 0 amide bonds. The summed E-state index contributed by atoms with van der Waals surface area (Å²) in [6.07, 6.45) is 3.63. The Hall–Kier alpha value is -1.10. The lowest BCUT2D eigenvalue weighted by Crippen LogP contribution is -2.31. The molecule has 0 aromatic heterocycles. The standard InChI is InChI=1S/C17H29N3O/c1-21-17-7-4-6-16(14-17)15-20-11-5-10-19(12-13-20)9-3-2-8-18/h4,6-7,14H,2-3,5,8-13,15,18H2,1H3. The van der Waals surface area contributed by atoms with Crippen molar-refractivity contribution >= 4 is 0 Å². The monoisotopic (exact) mass is 291 g/mol. The third kappa shape index (κ3) is 5.65. The molecule has 21 heavy (non-hydrogen) atoms. The first-order valence-electron chi connectivity index (χ1n) is 8.09. The van der Waals surface area contributed by atoms with Crippen molar-refractivity contribution in [2.24, 2.45) is 5.73 Å². The number of nitrogens with two attached hydrogens (primary N) is 1. The van der Waals surface area contributed by atoms with Gasteiger partial charge in [0, 0.05) is 19.6 Å². The zero-order chi connectivity index (χ0) is 14.9. The van der Waals surface area contributed by atoms with Crippen molar-refractivity contribution in [3.8, 4) is 5.75 Å². The Balaban J connectivity index is 1.79. The largest absolute Gasteiger partial charge is 0.497 e. The van der Waals surface area contributed by atoms with E-state index in [1.165, 1.54) is 44.6 Å². The summed E-state index contributed by atoms with van der Waals surface area (Å²) in [5.74, 6) is 0.950. The Labute approximate surface area is 128 Å². The summed E-state index contributed by atoms with van der Waals surface area (Å²) in [5, 5.41) is 0. The zero-order valence-electron chi connectivity index (χ0n) is 13.3. The van der Waals surface area contributed by atoms with E-state index in [1.807, 2.05) is 6.07 Å². The molecule has 1 saturated heterocycles. The molecule has 1 heterocycles. The average Bonchev–Trinajstić information content (AvgIpc) is 2.73. The van der Waals surface area contributed by atoms with Crippen LogP contribution >= 0.6 is 0 Å². The number of ether oxygens (including phenoxy) is 1. The molecular weight excluding hydrogens is 262 g/mol. The van der Waals surface area contributed by atoms with Crippen LogP contribution in [0.15, 0.2) is 24.3 Å². The second-order valence-corrected chi connectivity index (χ2v) is 5.82. The highest BCUT2D eigenvalue weighted by Gasteiger charge is 2.14. The lowest BCUT2D eigenvalue weighted by Gasteiger charge is -2.22. The molecule has 0 bridgehead atoms. The number of benzene rings is 1. The van der Waals surface area contributed by atoms with Gasteiger partial charge in [0.25, 0.3) is 0 Å². The highest BCUT2D eigenvalue weighted by Crippen LogP contribution is 2.15. The van der Waals surface area contributed by atoms with Crippen LogP contribution in [0.2, 0.25) is 0 Å². The van der Waals surface area contributed by atoms with Crippen LogP contribution in [0.4, 0.5) is 0 Å². The molecule has 2 N–H and O–H groups in total. The lowest BCUT2D eigenvalue weighted by atomic mass is 10.2. The van der Waals surface area contributed by atoms with E-state index in [2.05, 4.69) is 28.0 Å². The number of hydrogen-bond acceptors (Lipinski definition) is 4. The van der Waals surface area contributed by atoms with Crippen LogP contribution in [0, 0.1) is 0 Å². The number of hydrogen-bond donors (Lipinski definition) is 1. The minimum absolute atomic E-state index is 0.815.